The Morgan fingerprint density at radius 1 is 1.33 bits per heavy atom. The van der Waals surface area contributed by atoms with Crippen LogP contribution in [0.5, 0.6) is 0 Å². The zero-order valence-corrected chi connectivity index (χ0v) is 12.4. The summed E-state index contributed by atoms with van der Waals surface area (Å²) in [5.74, 6) is 0.787. The molecule has 0 radical (unpaired) electrons. The van der Waals surface area contributed by atoms with E-state index in [1.165, 1.54) is 0 Å². The molecule has 2 aromatic rings. The third kappa shape index (κ3) is 3.08. The summed E-state index contributed by atoms with van der Waals surface area (Å²) in [5.41, 5.74) is 2.28. The number of ether oxygens (including phenoxy) is 1. The molecule has 1 aliphatic carbocycles. The highest BCUT2D eigenvalue weighted by molar-refractivity contribution is 5.94. The summed E-state index contributed by atoms with van der Waals surface area (Å²) in [5, 5.41) is 2.98. The van der Waals surface area contributed by atoms with Crippen molar-refractivity contribution in [1.82, 2.24) is 4.98 Å². The molecule has 1 aliphatic rings. The number of anilines is 1. The molecule has 1 aromatic heterocycles. The summed E-state index contributed by atoms with van der Waals surface area (Å²) in [4.78, 5) is 16.6. The number of nitrogens with one attached hydrogen (secondary N) is 1. The topological polar surface area (TPSA) is 64.4 Å². The van der Waals surface area contributed by atoms with Crippen molar-refractivity contribution < 1.29 is 13.9 Å². The van der Waals surface area contributed by atoms with E-state index in [4.69, 9.17) is 9.15 Å². The van der Waals surface area contributed by atoms with Crippen LogP contribution in [0.15, 0.2) is 22.6 Å². The second kappa shape index (κ2) is 5.85. The van der Waals surface area contributed by atoms with Crippen LogP contribution < -0.4 is 5.32 Å². The molecule has 5 heteroatoms. The number of aryl methyl sites for hydroxylation is 1. The number of oxazole rings is 1. The Morgan fingerprint density at radius 3 is 2.81 bits per heavy atom. The largest absolute Gasteiger partial charge is 0.441 e. The van der Waals surface area contributed by atoms with Gasteiger partial charge in [0.2, 0.25) is 5.91 Å². The number of benzene rings is 1. The van der Waals surface area contributed by atoms with Crippen LogP contribution in [0, 0.1) is 12.8 Å². The number of rotatable bonds is 3. The molecule has 0 bridgehead atoms. The molecule has 1 heterocycles. The number of hydrogen-bond donors (Lipinski definition) is 1. The highest BCUT2D eigenvalue weighted by atomic mass is 16.5. The first-order chi connectivity index (χ1) is 10.2. The van der Waals surface area contributed by atoms with E-state index in [1.807, 2.05) is 25.1 Å². The van der Waals surface area contributed by atoms with Gasteiger partial charge in [-0.3, -0.25) is 4.79 Å². The molecule has 0 saturated heterocycles. The fraction of sp³-hybridized carbons (Fsp3) is 0.500. The van der Waals surface area contributed by atoms with Gasteiger partial charge in [0.25, 0.3) is 0 Å². The maximum atomic E-state index is 12.3. The van der Waals surface area contributed by atoms with Crippen molar-refractivity contribution >= 4 is 22.7 Å². The van der Waals surface area contributed by atoms with E-state index in [1.54, 1.807) is 7.11 Å². The van der Waals surface area contributed by atoms with Crippen molar-refractivity contribution in [2.24, 2.45) is 5.92 Å². The molecule has 3 rings (SSSR count). The number of carbonyl (C=O) groups excluding carboxylic acids is 1. The minimum absolute atomic E-state index is 0.0727. The van der Waals surface area contributed by atoms with Gasteiger partial charge in [0.05, 0.1) is 6.10 Å². The maximum absolute atomic E-state index is 12.3. The zero-order chi connectivity index (χ0) is 14.8. The van der Waals surface area contributed by atoms with E-state index in [0.717, 1.165) is 36.9 Å². The summed E-state index contributed by atoms with van der Waals surface area (Å²) in [6, 6.07) is 5.56. The fourth-order valence-corrected chi connectivity index (χ4v) is 2.92. The number of amides is 1. The lowest BCUT2D eigenvalue weighted by Crippen LogP contribution is -2.29. The molecule has 1 fully saturated rings. The monoisotopic (exact) mass is 288 g/mol. The number of aromatic nitrogens is 1. The second-order valence-electron chi connectivity index (χ2n) is 5.61. The average Bonchev–Trinajstić information content (AvgIpc) is 2.86. The summed E-state index contributed by atoms with van der Waals surface area (Å²) in [6.45, 7) is 1.81. The van der Waals surface area contributed by atoms with E-state index in [9.17, 15) is 4.79 Å². The second-order valence-corrected chi connectivity index (χ2v) is 5.61. The van der Waals surface area contributed by atoms with Crippen LogP contribution in [0.3, 0.4) is 0 Å². The lowest BCUT2D eigenvalue weighted by atomic mass is 9.87. The van der Waals surface area contributed by atoms with Crippen molar-refractivity contribution in [3.05, 3.63) is 24.1 Å². The molecule has 0 unspecified atom stereocenters. The number of carbonyl (C=O) groups is 1. The maximum Gasteiger partial charge on any atom is 0.227 e. The highest BCUT2D eigenvalue weighted by Gasteiger charge is 2.26. The minimum atomic E-state index is 0.0727. The van der Waals surface area contributed by atoms with Crippen LogP contribution in [-0.2, 0) is 9.53 Å². The molecule has 1 amide bonds. The van der Waals surface area contributed by atoms with E-state index in [2.05, 4.69) is 10.3 Å². The normalized spacial score (nSPS) is 22.4. The molecule has 5 nitrogen and oxygen atoms in total. The van der Waals surface area contributed by atoms with Gasteiger partial charge in [-0.2, -0.15) is 0 Å². The van der Waals surface area contributed by atoms with Crippen molar-refractivity contribution in [2.45, 2.75) is 38.7 Å². The third-order valence-electron chi connectivity index (χ3n) is 4.14. The number of hydrogen-bond acceptors (Lipinski definition) is 4. The molecule has 112 valence electrons. The number of fused-ring (bicyclic) bond motifs is 1. The molecule has 1 saturated carbocycles. The van der Waals surface area contributed by atoms with Gasteiger partial charge in [0.1, 0.15) is 5.52 Å². The minimum Gasteiger partial charge on any atom is -0.441 e. The Bertz CT molecular complexity index is 642. The van der Waals surface area contributed by atoms with Gasteiger partial charge in [0.15, 0.2) is 11.5 Å². The van der Waals surface area contributed by atoms with Crippen molar-refractivity contribution in [1.29, 1.82) is 0 Å². The van der Waals surface area contributed by atoms with Gasteiger partial charge >= 0.3 is 0 Å². The van der Waals surface area contributed by atoms with Crippen LogP contribution >= 0.6 is 0 Å². The van der Waals surface area contributed by atoms with Gasteiger partial charge in [-0.25, -0.2) is 4.98 Å². The standard InChI is InChI=1S/C16H20N2O3/c1-10-17-14-8-5-12(9-15(14)21-10)18-16(19)11-3-6-13(20-2)7-4-11/h5,8-9,11,13H,3-4,6-7H2,1-2H3,(H,18,19). The lowest BCUT2D eigenvalue weighted by Gasteiger charge is -2.26. The predicted octanol–water partition coefficient (Wildman–Crippen LogP) is 3.28. The van der Waals surface area contributed by atoms with Crippen LogP contribution in [0.4, 0.5) is 5.69 Å². The Hall–Kier alpha value is -1.88. The zero-order valence-electron chi connectivity index (χ0n) is 12.4. The van der Waals surface area contributed by atoms with Gasteiger partial charge in [-0.05, 0) is 37.8 Å². The van der Waals surface area contributed by atoms with Crippen LogP contribution in [0.2, 0.25) is 0 Å². The summed E-state index contributed by atoms with van der Waals surface area (Å²) in [7, 11) is 1.74. The summed E-state index contributed by atoms with van der Waals surface area (Å²) >= 11 is 0. The first kappa shape index (κ1) is 14.1. The Balaban J connectivity index is 1.65. The summed E-state index contributed by atoms with van der Waals surface area (Å²) in [6.07, 6.45) is 3.98. The predicted molar refractivity (Wildman–Crippen MR) is 80.1 cm³/mol. The molecule has 0 spiro atoms. The first-order valence-corrected chi connectivity index (χ1v) is 7.36. The van der Waals surface area contributed by atoms with Gasteiger partial charge < -0.3 is 14.5 Å². The molecule has 0 atom stereocenters. The van der Waals surface area contributed by atoms with E-state index in [-0.39, 0.29) is 11.8 Å². The SMILES string of the molecule is COC1CCC(C(=O)Nc2ccc3nc(C)oc3c2)CC1. The molecule has 21 heavy (non-hydrogen) atoms. The molecular formula is C16H20N2O3. The Kier molecular flexibility index (Phi) is 3.92. The highest BCUT2D eigenvalue weighted by Crippen LogP contribution is 2.27. The number of nitrogens with zero attached hydrogens (tertiary/aromatic N) is 1. The van der Waals surface area contributed by atoms with E-state index in [0.29, 0.717) is 17.6 Å². The number of methoxy groups -OCH3 is 1. The Labute approximate surface area is 123 Å². The van der Waals surface area contributed by atoms with Crippen molar-refractivity contribution in [3.63, 3.8) is 0 Å². The molecule has 1 aromatic carbocycles. The van der Waals surface area contributed by atoms with Crippen LogP contribution in [0.25, 0.3) is 11.1 Å². The van der Waals surface area contributed by atoms with Crippen molar-refractivity contribution in [2.75, 3.05) is 12.4 Å². The lowest BCUT2D eigenvalue weighted by molar-refractivity contribution is -0.121. The average molecular weight is 288 g/mol. The first-order valence-electron chi connectivity index (χ1n) is 7.36. The fourth-order valence-electron chi connectivity index (χ4n) is 2.92. The Morgan fingerprint density at radius 2 is 2.10 bits per heavy atom. The van der Waals surface area contributed by atoms with Gasteiger partial charge in [0, 0.05) is 31.7 Å². The molecular weight excluding hydrogens is 268 g/mol. The summed E-state index contributed by atoms with van der Waals surface area (Å²) < 4.78 is 10.8. The quantitative estimate of drug-likeness (QED) is 0.941. The van der Waals surface area contributed by atoms with Gasteiger partial charge in [-0.15, -0.1) is 0 Å². The van der Waals surface area contributed by atoms with E-state index >= 15 is 0 Å². The van der Waals surface area contributed by atoms with Gasteiger partial charge in [-0.1, -0.05) is 0 Å². The van der Waals surface area contributed by atoms with Crippen LogP contribution in [-0.4, -0.2) is 24.1 Å². The molecule has 0 aliphatic heterocycles. The smallest absolute Gasteiger partial charge is 0.227 e. The van der Waals surface area contributed by atoms with Crippen molar-refractivity contribution in [3.8, 4) is 0 Å². The van der Waals surface area contributed by atoms with Crippen LogP contribution in [0.1, 0.15) is 31.6 Å². The molecule has 1 N–H and O–H groups in total. The third-order valence-corrected chi connectivity index (χ3v) is 4.14. The van der Waals surface area contributed by atoms with E-state index < -0.39 is 0 Å².